The number of aromatic nitrogens is 1. The van der Waals surface area contributed by atoms with Gasteiger partial charge in [0.25, 0.3) is 0 Å². The Bertz CT molecular complexity index is 809. The zero-order valence-corrected chi connectivity index (χ0v) is 17.0. The van der Waals surface area contributed by atoms with Crippen molar-refractivity contribution >= 4 is 35.1 Å². The molecule has 2 amide bonds. The van der Waals surface area contributed by atoms with Gasteiger partial charge in [-0.1, -0.05) is 31.5 Å². The van der Waals surface area contributed by atoms with E-state index in [1.807, 2.05) is 11.0 Å². The highest BCUT2D eigenvalue weighted by Crippen LogP contribution is 2.42. The molecule has 1 aliphatic rings. The van der Waals surface area contributed by atoms with Crippen molar-refractivity contribution in [3.8, 4) is 0 Å². The van der Waals surface area contributed by atoms with E-state index in [4.69, 9.17) is 11.6 Å². The third-order valence-electron chi connectivity index (χ3n) is 4.92. The summed E-state index contributed by atoms with van der Waals surface area (Å²) in [5, 5.41) is 3.22. The Morgan fingerprint density at radius 2 is 2.04 bits per heavy atom. The van der Waals surface area contributed by atoms with Crippen molar-refractivity contribution < 1.29 is 9.18 Å². The fourth-order valence-electron chi connectivity index (χ4n) is 3.38. The lowest BCUT2D eigenvalue weighted by atomic mass is 9.86. The van der Waals surface area contributed by atoms with Gasteiger partial charge >= 0.3 is 6.03 Å². The Kier molecular flexibility index (Phi) is 6.27. The Hall–Kier alpha value is -1.79. The second kappa shape index (κ2) is 8.48. The number of likely N-dealkylation sites (tertiary alicyclic amines) is 1. The normalized spacial score (nSPS) is 15.6. The van der Waals surface area contributed by atoms with Gasteiger partial charge in [0.2, 0.25) is 0 Å². The zero-order valence-electron chi connectivity index (χ0n) is 15.4. The number of halogens is 2. The lowest BCUT2D eigenvalue weighted by Gasteiger charge is -2.40. The van der Waals surface area contributed by atoms with Gasteiger partial charge in [-0.3, -0.25) is 0 Å². The number of nitrogens with zero attached hydrogens (tertiary/aromatic N) is 2. The van der Waals surface area contributed by atoms with Crippen molar-refractivity contribution in [2.45, 2.75) is 36.3 Å². The van der Waals surface area contributed by atoms with E-state index in [0.29, 0.717) is 29.8 Å². The van der Waals surface area contributed by atoms with Gasteiger partial charge in [-0.15, -0.1) is 11.8 Å². The van der Waals surface area contributed by atoms with Crippen LogP contribution in [0.2, 0.25) is 5.15 Å². The molecule has 1 fully saturated rings. The number of urea groups is 1. The number of hydrogen-bond donors (Lipinski definition) is 1. The van der Waals surface area contributed by atoms with Crippen LogP contribution in [0.4, 0.5) is 14.9 Å². The highest BCUT2D eigenvalue weighted by molar-refractivity contribution is 8.00. The van der Waals surface area contributed by atoms with Crippen molar-refractivity contribution in [1.82, 2.24) is 9.88 Å². The van der Waals surface area contributed by atoms with Crippen molar-refractivity contribution in [1.29, 1.82) is 0 Å². The summed E-state index contributed by atoms with van der Waals surface area (Å²) in [5.41, 5.74) is 0.643. The Balaban J connectivity index is 1.55. The van der Waals surface area contributed by atoms with Gasteiger partial charge in [0.15, 0.2) is 0 Å². The minimum atomic E-state index is -0.210. The van der Waals surface area contributed by atoms with Gasteiger partial charge < -0.3 is 10.2 Å². The number of benzene rings is 1. The number of nitrogens with one attached hydrogen (secondary N) is 1. The van der Waals surface area contributed by atoms with Gasteiger partial charge in [-0.2, -0.15) is 0 Å². The number of carbonyl (C=O) groups excluding carboxylic acids is 1. The molecule has 3 rings (SSSR count). The molecule has 27 heavy (non-hydrogen) atoms. The standard InChI is InChI=1S/C20H23ClFN3OS/c1-20(2,27-17-5-3-4-15(22)12-17)14-7-10-25(11-8-14)19(26)24-16-6-9-23-18(21)13-16/h3-6,9,12-14H,7-8,10-11H2,1-2H3,(H,23,24,26). The summed E-state index contributed by atoms with van der Waals surface area (Å²) in [6.07, 6.45) is 3.40. The molecule has 2 aromatic rings. The molecule has 7 heteroatoms. The van der Waals surface area contributed by atoms with Gasteiger partial charge in [-0.05, 0) is 49.1 Å². The molecule has 0 spiro atoms. The van der Waals surface area contributed by atoms with E-state index >= 15 is 0 Å². The highest BCUT2D eigenvalue weighted by Gasteiger charge is 2.34. The molecule has 0 atom stereocenters. The number of anilines is 1. The van der Waals surface area contributed by atoms with Gasteiger partial charge in [0.1, 0.15) is 11.0 Å². The third kappa shape index (κ3) is 5.36. The first kappa shape index (κ1) is 20.0. The number of pyridine rings is 1. The van der Waals surface area contributed by atoms with Crippen molar-refractivity contribution in [3.63, 3.8) is 0 Å². The van der Waals surface area contributed by atoms with E-state index in [-0.39, 0.29) is 16.6 Å². The molecule has 4 nitrogen and oxygen atoms in total. The zero-order chi connectivity index (χ0) is 19.4. The molecule has 0 aliphatic carbocycles. The molecule has 0 saturated carbocycles. The van der Waals surface area contributed by atoms with Crippen molar-refractivity contribution in [2.24, 2.45) is 5.92 Å². The largest absolute Gasteiger partial charge is 0.325 e. The first-order valence-electron chi connectivity index (χ1n) is 8.95. The van der Waals surface area contributed by atoms with Crippen LogP contribution in [0.3, 0.4) is 0 Å². The number of carbonyl (C=O) groups is 1. The second-order valence-electron chi connectivity index (χ2n) is 7.22. The van der Waals surface area contributed by atoms with Crippen molar-refractivity contribution in [2.75, 3.05) is 18.4 Å². The minimum Gasteiger partial charge on any atom is -0.325 e. The molecule has 1 aromatic heterocycles. The monoisotopic (exact) mass is 407 g/mol. The SMILES string of the molecule is CC(C)(Sc1cccc(F)c1)C1CCN(C(=O)Nc2ccnc(Cl)c2)CC1. The van der Waals surface area contributed by atoms with Crippen LogP contribution in [0, 0.1) is 11.7 Å². The van der Waals surface area contributed by atoms with E-state index < -0.39 is 0 Å². The van der Waals surface area contributed by atoms with Crippen LogP contribution >= 0.6 is 23.4 Å². The van der Waals surface area contributed by atoms with Crippen LogP contribution in [0.5, 0.6) is 0 Å². The Morgan fingerprint density at radius 1 is 1.30 bits per heavy atom. The first-order chi connectivity index (χ1) is 12.8. The summed E-state index contributed by atoms with van der Waals surface area (Å²) in [4.78, 5) is 19.1. The molecule has 0 radical (unpaired) electrons. The maximum Gasteiger partial charge on any atom is 0.321 e. The van der Waals surface area contributed by atoms with Crippen molar-refractivity contribution in [3.05, 3.63) is 53.6 Å². The number of amides is 2. The van der Waals surface area contributed by atoms with Crippen LogP contribution < -0.4 is 5.32 Å². The van der Waals surface area contributed by atoms with Crippen LogP contribution in [0.25, 0.3) is 0 Å². The Labute approximate surface area is 168 Å². The number of piperidine rings is 1. The van der Waals surface area contributed by atoms with E-state index in [2.05, 4.69) is 24.1 Å². The average Bonchev–Trinajstić information content (AvgIpc) is 2.61. The lowest BCUT2D eigenvalue weighted by molar-refractivity contribution is 0.173. The molecule has 1 N–H and O–H groups in total. The van der Waals surface area contributed by atoms with Crippen LogP contribution in [0.15, 0.2) is 47.5 Å². The first-order valence-corrected chi connectivity index (χ1v) is 10.1. The minimum absolute atomic E-state index is 0.0328. The predicted molar refractivity (Wildman–Crippen MR) is 109 cm³/mol. The second-order valence-corrected chi connectivity index (χ2v) is 9.34. The lowest BCUT2D eigenvalue weighted by Crippen LogP contribution is -2.44. The van der Waals surface area contributed by atoms with Gasteiger partial charge in [0, 0.05) is 34.6 Å². The summed E-state index contributed by atoms with van der Waals surface area (Å²) in [6, 6.07) is 9.95. The molecule has 2 heterocycles. The fourth-order valence-corrected chi connectivity index (χ4v) is 4.88. The smallest absolute Gasteiger partial charge is 0.321 e. The Morgan fingerprint density at radius 3 is 2.70 bits per heavy atom. The molecular weight excluding hydrogens is 385 g/mol. The summed E-state index contributed by atoms with van der Waals surface area (Å²) >= 11 is 7.56. The molecule has 1 saturated heterocycles. The maximum absolute atomic E-state index is 13.5. The molecular formula is C20H23ClFN3OS. The van der Waals surface area contributed by atoms with Crippen LogP contribution in [-0.4, -0.2) is 33.8 Å². The van der Waals surface area contributed by atoms with Crippen LogP contribution in [0.1, 0.15) is 26.7 Å². The molecule has 0 unspecified atom stereocenters. The third-order valence-corrected chi connectivity index (χ3v) is 6.48. The van der Waals surface area contributed by atoms with E-state index in [9.17, 15) is 9.18 Å². The molecule has 144 valence electrons. The summed E-state index contributed by atoms with van der Waals surface area (Å²) in [6.45, 7) is 5.79. The quantitative estimate of drug-likeness (QED) is 0.523. The van der Waals surface area contributed by atoms with E-state index in [1.54, 1.807) is 42.2 Å². The molecule has 1 aliphatic heterocycles. The predicted octanol–water partition coefficient (Wildman–Crippen LogP) is 5.69. The fraction of sp³-hybridized carbons (Fsp3) is 0.400. The van der Waals surface area contributed by atoms with E-state index in [0.717, 1.165) is 17.7 Å². The summed E-state index contributed by atoms with van der Waals surface area (Å²) in [7, 11) is 0. The van der Waals surface area contributed by atoms with E-state index in [1.165, 1.54) is 6.07 Å². The average molecular weight is 408 g/mol. The summed E-state index contributed by atoms with van der Waals surface area (Å²) in [5.74, 6) is 0.240. The highest BCUT2D eigenvalue weighted by atomic mass is 35.5. The topological polar surface area (TPSA) is 45.2 Å². The number of thioether (sulfide) groups is 1. The van der Waals surface area contributed by atoms with Gasteiger partial charge in [0.05, 0.1) is 0 Å². The molecule has 0 bridgehead atoms. The molecule has 1 aromatic carbocycles. The number of rotatable bonds is 4. The van der Waals surface area contributed by atoms with Crippen LogP contribution in [-0.2, 0) is 0 Å². The summed E-state index contributed by atoms with van der Waals surface area (Å²) < 4.78 is 13.4. The van der Waals surface area contributed by atoms with Gasteiger partial charge in [-0.25, -0.2) is 14.2 Å². The maximum atomic E-state index is 13.5. The number of hydrogen-bond acceptors (Lipinski definition) is 3.